The minimum atomic E-state index is -3.73. The van der Waals surface area contributed by atoms with E-state index in [9.17, 15) is 12.8 Å². The van der Waals surface area contributed by atoms with Crippen LogP contribution in [-0.2, 0) is 16.6 Å². The van der Waals surface area contributed by atoms with Crippen LogP contribution in [0.25, 0.3) is 10.9 Å². The van der Waals surface area contributed by atoms with Gasteiger partial charge in [-0.15, -0.1) is 0 Å². The number of halogens is 1. The monoisotopic (exact) mass is 341 g/mol. The number of aliphatic imine (C=N–C) groups is 1. The average molecular weight is 341 g/mol. The summed E-state index contributed by atoms with van der Waals surface area (Å²) in [6.07, 6.45) is 2.86. The standard InChI is InChI=1S/C17H12FN3O2S/c18-14-8-12-4-3-7-19-17(12)13(9-14)10-21-11-20-15-5-1-2-6-16(15)24(21,22)23/h1-9,11H,10H2. The fraction of sp³-hybridized carbons (Fsp3) is 0.0588. The number of rotatable bonds is 2. The van der Waals surface area contributed by atoms with Crippen LogP contribution >= 0.6 is 0 Å². The fourth-order valence-electron chi connectivity index (χ4n) is 2.74. The Morgan fingerprint density at radius 2 is 1.92 bits per heavy atom. The van der Waals surface area contributed by atoms with Gasteiger partial charge >= 0.3 is 0 Å². The number of hydrogen-bond acceptors (Lipinski definition) is 4. The maximum Gasteiger partial charge on any atom is 0.267 e. The predicted octanol–water partition coefficient (Wildman–Crippen LogP) is 3.24. The molecule has 24 heavy (non-hydrogen) atoms. The molecule has 0 bridgehead atoms. The van der Waals surface area contributed by atoms with E-state index in [1.807, 2.05) is 0 Å². The van der Waals surface area contributed by atoms with Gasteiger partial charge in [0.2, 0.25) is 0 Å². The highest BCUT2D eigenvalue weighted by Crippen LogP contribution is 2.31. The maximum atomic E-state index is 13.9. The summed E-state index contributed by atoms with van der Waals surface area (Å²) in [5.41, 5.74) is 1.46. The van der Waals surface area contributed by atoms with E-state index in [1.165, 1.54) is 24.5 Å². The van der Waals surface area contributed by atoms with Gasteiger partial charge < -0.3 is 0 Å². The molecule has 3 aromatic rings. The molecule has 0 saturated heterocycles. The molecule has 0 fully saturated rings. The van der Waals surface area contributed by atoms with E-state index in [4.69, 9.17) is 0 Å². The normalized spacial score (nSPS) is 15.5. The molecular weight excluding hydrogens is 329 g/mol. The second-order valence-electron chi connectivity index (χ2n) is 5.40. The number of hydrogen-bond donors (Lipinski definition) is 0. The number of pyridine rings is 1. The van der Waals surface area contributed by atoms with Crippen molar-refractivity contribution < 1.29 is 12.8 Å². The van der Waals surface area contributed by atoms with Crippen LogP contribution in [0.1, 0.15) is 5.56 Å². The van der Waals surface area contributed by atoms with Gasteiger partial charge in [-0.25, -0.2) is 17.8 Å². The quantitative estimate of drug-likeness (QED) is 0.719. The fourth-order valence-corrected chi connectivity index (χ4v) is 4.11. The summed E-state index contributed by atoms with van der Waals surface area (Å²) >= 11 is 0. The first-order valence-electron chi connectivity index (χ1n) is 7.24. The molecule has 120 valence electrons. The third kappa shape index (κ3) is 2.33. The van der Waals surface area contributed by atoms with Crippen molar-refractivity contribution in [2.24, 2.45) is 4.99 Å². The summed E-state index contributed by atoms with van der Waals surface area (Å²) < 4.78 is 40.5. The minimum absolute atomic E-state index is 0.0363. The molecule has 0 amide bonds. The lowest BCUT2D eigenvalue weighted by molar-refractivity contribution is 0.521. The van der Waals surface area contributed by atoms with E-state index in [0.29, 0.717) is 22.2 Å². The van der Waals surface area contributed by atoms with Gasteiger partial charge in [-0.3, -0.25) is 9.29 Å². The van der Waals surface area contributed by atoms with Gasteiger partial charge in [0.15, 0.2) is 0 Å². The molecular formula is C17H12FN3O2S. The van der Waals surface area contributed by atoms with E-state index < -0.39 is 15.8 Å². The van der Waals surface area contributed by atoms with Crippen LogP contribution in [0.15, 0.2) is 64.6 Å². The highest BCUT2D eigenvalue weighted by molar-refractivity contribution is 7.89. The Morgan fingerprint density at radius 1 is 1.08 bits per heavy atom. The molecule has 0 N–H and O–H groups in total. The molecule has 1 aliphatic rings. The van der Waals surface area contributed by atoms with Gasteiger partial charge in [0.25, 0.3) is 10.0 Å². The second-order valence-corrected chi connectivity index (χ2v) is 7.26. The molecule has 1 aliphatic heterocycles. The first-order valence-corrected chi connectivity index (χ1v) is 8.68. The third-order valence-electron chi connectivity index (χ3n) is 3.85. The van der Waals surface area contributed by atoms with Crippen molar-refractivity contribution in [3.05, 3.63) is 66.1 Å². The van der Waals surface area contributed by atoms with Crippen molar-refractivity contribution >= 4 is 33.0 Å². The molecule has 7 heteroatoms. The molecule has 1 aromatic heterocycles. The molecule has 4 rings (SSSR count). The Balaban J connectivity index is 1.80. The molecule has 0 aliphatic carbocycles. The molecule has 0 spiro atoms. The summed E-state index contributed by atoms with van der Waals surface area (Å²) in [5.74, 6) is -0.433. The van der Waals surface area contributed by atoms with Crippen LogP contribution in [0, 0.1) is 5.82 Å². The molecule has 2 heterocycles. The van der Waals surface area contributed by atoms with E-state index >= 15 is 0 Å². The summed E-state index contributed by atoms with van der Waals surface area (Å²) in [4.78, 5) is 8.56. The number of fused-ring (bicyclic) bond motifs is 2. The van der Waals surface area contributed by atoms with Gasteiger partial charge in [-0.05, 0) is 30.3 Å². The van der Waals surface area contributed by atoms with Gasteiger partial charge in [0.05, 0.1) is 17.7 Å². The Kier molecular flexibility index (Phi) is 3.31. The molecule has 0 unspecified atom stereocenters. The topological polar surface area (TPSA) is 62.6 Å². The highest BCUT2D eigenvalue weighted by Gasteiger charge is 2.28. The number of benzene rings is 2. The second kappa shape index (κ2) is 5.38. The van der Waals surface area contributed by atoms with Crippen molar-refractivity contribution in [1.29, 1.82) is 0 Å². The number of para-hydroxylation sites is 1. The third-order valence-corrected chi connectivity index (χ3v) is 5.59. The Morgan fingerprint density at radius 3 is 2.79 bits per heavy atom. The van der Waals surface area contributed by atoms with Crippen LogP contribution in [0.5, 0.6) is 0 Å². The predicted molar refractivity (Wildman–Crippen MR) is 89.0 cm³/mol. The minimum Gasteiger partial charge on any atom is -0.256 e. The smallest absolute Gasteiger partial charge is 0.256 e. The van der Waals surface area contributed by atoms with Crippen molar-refractivity contribution in [2.45, 2.75) is 11.4 Å². The van der Waals surface area contributed by atoms with E-state index in [1.54, 1.807) is 36.5 Å². The van der Waals surface area contributed by atoms with Crippen molar-refractivity contribution in [3.8, 4) is 0 Å². The first-order chi connectivity index (χ1) is 11.6. The lowest BCUT2D eigenvalue weighted by Gasteiger charge is -2.24. The maximum absolute atomic E-state index is 13.9. The largest absolute Gasteiger partial charge is 0.267 e. The lowest BCUT2D eigenvalue weighted by Crippen LogP contribution is -2.31. The molecule has 0 radical (unpaired) electrons. The van der Waals surface area contributed by atoms with E-state index in [2.05, 4.69) is 9.98 Å². The zero-order chi connectivity index (χ0) is 16.7. The first kappa shape index (κ1) is 14.8. The lowest BCUT2D eigenvalue weighted by atomic mass is 10.1. The SMILES string of the molecule is O=S1(=O)c2ccccc2N=CN1Cc1cc(F)cc2cccnc12. The number of sulfonamides is 1. The zero-order valence-corrected chi connectivity index (χ0v) is 13.2. The number of aromatic nitrogens is 1. The van der Waals surface area contributed by atoms with Crippen LogP contribution in [0.4, 0.5) is 10.1 Å². The van der Waals surface area contributed by atoms with Crippen LogP contribution < -0.4 is 0 Å². The molecule has 5 nitrogen and oxygen atoms in total. The summed E-state index contributed by atoms with van der Waals surface area (Å²) in [5, 5.41) is 0.624. The zero-order valence-electron chi connectivity index (χ0n) is 12.4. The molecule has 0 saturated carbocycles. The summed E-state index contributed by atoms with van der Waals surface area (Å²) in [7, 11) is -3.73. The van der Waals surface area contributed by atoms with Crippen molar-refractivity contribution in [2.75, 3.05) is 0 Å². The van der Waals surface area contributed by atoms with E-state index in [0.717, 1.165) is 4.31 Å². The Labute approximate surface area is 138 Å². The van der Waals surface area contributed by atoms with Crippen LogP contribution in [-0.4, -0.2) is 24.0 Å². The Bertz CT molecular complexity index is 1080. The van der Waals surface area contributed by atoms with Crippen LogP contribution in [0.2, 0.25) is 0 Å². The van der Waals surface area contributed by atoms with Crippen molar-refractivity contribution in [1.82, 2.24) is 9.29 Å². The summed E-state index contributed by atoms with van der Waals surface area (Å²) in [6, 6.07) is 12.7. The van der Waals surface area contributed by atoms with Crippen LogP contribution in [0.3, 0.4) is 0 Å². The van der Waals surface area contributed by atoms with Gasteiger partial charge in [-0.1, -0.05) is 18.2 Å². The number of nitrogens with zero attached hydrogens (tertiary/aromatic N) is 3. The van der Waals surface area contributed by atoms with E-state index in [-0.39, 0.29) is 11.4 Å². The van der Waals surface area contributed by atoms with Gasteiger partial charge in [0, 0.05) is 17.1 Å². The highest BCUT2D eigenvalue weighted by atomic mass is 32.2. The average Bonchev–Trinajstić information content (AvgIpc) is 2.57. The van der Waals surface area contributed by atoms with Gasteiger partial charge in [0.1, 0.15) is 17.1 Å². The van der Waals surface area contributed by atoms with Gasteiger partial charge in [-0.2, -0.15) is 0 Å². The summed E-state index contributed by atoms with van der Waals surface area (Å²) in [6.45, 7) is -0.0363. The molecule has 0 atom stereocenters. The molecule has 2 aromatic carbocycles. The van der Waals surface area contributed by atoms with Crippen molar-refractivity contribution in [3.63, 3.8) is 0 Å². The Hall–Kier alpha value is -2.80.